The van der Waals surface area contributed by atoms with Crippen molar-refractivity contribution in [3.05, 3.63) is 51.9 Å². The van der Waals surface area contributed by atoms with E-state index < -0.39 is 11.2 Å². The summed E-state index contributed by atoms with van der Waals surface area (Å²) in [5.74, 6) is -1.30. The number of hydrogen-bond donors (Lipinski definition) is 3. The average Bonchev–Trinajstić information content (AvgIpc) is 2.54. The zero-order valence-electron chi connectivity index (χ0n) is 13.2. The molecule has 0 radical (unpaired) electrons. The number of aromatic amines is 1. The van der Waals surface area contributed by atoms with Gasteiger partial charge in [-0.3, -0.25) is 9.59 Å². The molecule has 1 amide bonds. The van der Waals surface area contributed by atoms with E-state index in [1.165, 1.54) is 30.3 Å². The van der Waals surface area contributed by atoms with E-state index in [1.54, 1.807) is 6.92 Å². The number of aromatic carboxylic acids is 1. The summed E-state index contributed by atoms with van der Waals surface area (Å²) in [6.07, 6.45) is 0.633. The molecule has 24 heavy (non-hydrogen) atoms. The first-order valence-electron chi connectivity index (χ1n) is 7.30. The van der Waals surface area contributed by atoms with Gasteiger partial charge in [0.2, 0.25) is 5.91 Å². The molecule has 1 aromatic carbocycles. The van der Waals surface area contributed by atoms with Crippen LogP contribution >= 0.6 is 11.8 Å². The fraction of sp³-hybridized carbons (Fsp3) is 0.250. The molecule has 0 bridgehead atoms. The number of carbonyl (C=O) groups excluding carboxylic acids is 1. The van der Waals surface area contributed by atoms with Crippen molar-refractivity contribution >= 4 is 29.3 Å². The number of nitrogens with one attached hydrogen (secondary N) is 2. The van der Waals surface area contributed by atoms with Crippen LogP contribution < -0.4 is 10.9 Å². The van der Waals surface area contributed by atoms with Crippen LogP contribution in [-0.2, 0) is 11.2 Å². The summed E-state index contributed by atoms with van der Waals surface area (Å²) in [5.41, 5.74) is 1.06. The van der Waals surface area contributed by atoms with Crippen molar-refractivity contribution in [2.75, 3.05) is 5.32 Å². The van der Waals surface area contributed by atoms with Gasteiger partial charge in [0.25, 0.3) is 5.56 Å². The van der Waals surface area contributed by atoms with Crippen LogP contribution in [0.25, 0.3) is 0 Å². The molecule has 3 N–H and O–H groups in total. The zero-order valence-corrected chi connectivity index (χ0v) is 14.0. The van der Waals surface area contributed by atoms with Gasteiger partial charge in [-0.2, -0.15) is 0 Å². The van der Waals surface area contributed by atoms with Gasteiger partial charge in [-0.1, -0.05) is 18.7 Å². The van der Waals surface area contributed by atoms with Crippen LogP contribution in [0.15, 0.2) is 40.3 Å². The summed E-state index contributed by atoms with van der Waals surface area (Å²) in [6.45, 7) is 3.59. The van der Waals surface area contributed by atoms with E-state index in [0.717, 1.165) is 11.8 Å². The monoisotopic (exact) mass is 347 g/mol. The van der Waals surface area contributed by atoms with E-state index in [-0.39, 0.29) is 17.0 Å². The molecule has 1 heterocycles. The van der Waals surface area contributed by atoms with Gasteiger partial charge >= 0.3 is 5.97 Å². The first-order chi connectivity index (χ1) is 11.4. The van der Waals surface area contributed by atoms with Crippen molar-refractivity contribution in [1.29, 1.82) is 0 Å². The SMILES string of the molecule is CCc1cc(=O)[nH]c(SC(C)C(=O)Nc2ccc(C(=O)O)cc2)n1. The number of hydrogen-bond acceptors (Lipinski definition) is 5. The lowest BCUT2D eigenvalue weighted by molar-refractivity contribution is -0.115. The quantitative estimate of drug-likeness (QED) is 0.545. The molecule has 8 heteroatoms. The standard InChI is InChI=1S/C16H17N3O4S/c1-3-11-8-13(20)19-16(18-11)24-9(2)14(21)17-12-6-4-10(5-7-12)15(22)23/h4-9H,3H2,1-2H3,(H,17,21)(H,22,23)(H,18,19,20). The number of H-pyrrole nitrogens is 1. The van der Waals surface area contributed by atoms with E-state index >= 15 is 0 Å². The van der Waals surface area contributed by atoms with Crippen LogP contribution in [-0.4, -0.2) is 32.2 Å². The van der Waals surface area contributed by atoms with Crippen molar-refractivity contribution in [1.82, 2.24) is 9.97 Å². The van der Waals surface area contributed by atoms with Crippen LogP contribution in [0, 0.1) is 0 Å². The van der Waals surface area contributed by atoms with Gasteiger partial charge in [-0.05, 0) is 37.6 Å². The third-order valence-electron chi connectivity index (χ3n) is 3.19. The Balaban J connectivity index is 2.03. The number of anilines is 1. The summed E-state index contributed by atoms with van der Waals surface area (Å²) in [6, 6.07) is 7.31. The molecular weight excluding hydrogens is 330 g/mol. The summed E-state index contributed by atoms with van der Waals surface area (Å²) in [7, 11) is 0. The number of nitrogens with zero attached hydrogens (tertiary/aromatic N) is 1. The van der Waals surface area contributed by atoms with Crippen molar-refractivity contribution in [2.24, 2.45) is 0 Å². The molecule has 0 saturated carbocycles. The minimum absolute atomic E-state index is 0.147. The predicted octanol–water partition coefficient (Wildman–Crippen LogP) is 2.15. The summed E-state index contributed by atoms with van der Waals surface area (Å²) < 4.78 is 0. The highest BCUT2D eigenvalue weighted by atomic mass is 32.2. The van der Waals surface area contributed by atoms with E-state index in [4.69, 9.17) is 5.11 Å². The second-order valence-corrected chi connectivity index (χ2v) is 6.36. The molecule has 1 atom stereocenters. The number of carboxylic acid groups (broad SMARTS) is 1. The highest BCUT2D eigenvalue weighted by Gasteiger charge is 2.16. The maximum Gasteiger partial charge on any atom is 0.335 e. The van der Waals surface area contributed by atoms with Crippen LogP contribution in [0.2, 0.25) is 0 Å². The Kier molecular flexibility index (Phi) is 5.75. The zero-order chi connectivity index (χ0) is 17.7. The van der Waals surface area contributed by atoms with Crippen LogP contribution in [0.3, 0.4) is 0 Å². The average molecular weight is 347 g/mol. The number of amides is 1. The smallest absolute Gasteiger partial charge is 0.335 e. The Morgan fingerprint density at radius 3 is 2.58 bits per heavy atom. The summed E-state index contributed by atoms with van der Waals surface area (Å²) in [5, 5.41) is 11.5. The Morgan fingerprint density at radius 2 is 2.00 bits per heavy atom. The molecule has 0 aliphatic heterocycles. The van der Waals surface area contributed by atoms with E-state index in [9.17, 15) is 14.4 Å². The van der Waals surface area contributed by atoms with E-state index in [0.29, 0.717) is 23.0 Å². The summed E-state index contributed by atoms with van der Waals surface area (Å²) >= 11 is 1.15. The molecule has 7 nitrogen and oxygen atoms in total. The molecule has 1 aromatic heterocycles. The number of aryl methyl sites for hydroxylation is 1. The maximum absolute atomic E-state index is 12.2. The minimum atomic E-state index is -1.03. The van der Waals surface area contributed by atoms with Crippen LogP contribution in [0.1, 0.15) is 29.9 Å². The molecular formula is C16H17N3O4S. The van der Waals surface area contributed by atoms with Gasteiger partial charge in [0.15, 0.2) is 5.16 Å². The lowest BCUT2D eigenvalue weighted by Gasteiger charge is -2.12. The number of carbonyl (C=O) groups is 2. The minimum Gasteiger partial charge on any atom is -0.478 e. The third-order valence-corrected chi connectivity index (χ3v) is 4.18. The molecule has 126 valence electrons. The number of carboxylic acids is 1. The van der Waals surface area contributed by atoms with Gasteiger partial charge in [-0.25, -0.2) is 9.78 Å². The second-order valence-electron chi connectivity index (χ2n) is 5.03. The Labute approximate surface area is 142 Å². The Bertz CT molecular complexity index is 802. The second kappa shape index (κ2) is 7.78. The Hall–Kier alpha value is -2.61. The number of benzene rings is 1. The lowest BCUT2D eigenvalue weighted by atomic mass is 10.2. The van der Waals surface area contributed by atoms with Crippen molar-refractivity contribution < 1.29 is 14.7 Å². The number of rotatable bonds is 6. The van der Waals surface area contributed by atoms with Gasteiger partial charge in [0, 0.05) is 17.4 Å². The normalized spacial score (nSPS) is 11.8. The molecule has 0 aliphatic carbocycles. The van der Waals surface area contributed by atoms with Gasteiger partial charge in [0.1, 0.15) is 0 Å². The van der Waals surface area contributed by atoms with Crippen molar-refractivity contribution in [2.45, 2.75) is 30.7 Å². The van der Waals surface area contributed by atoms with Crippen LogP contribution in [0.4, 0.5) is 5.69 Å². The van der Waals surface area contributed by atoms with Gasteiger partial charge < -0.3 is 15.4 Å². The third kappa shape index (κ3) is 4.69. The van der Waals surface area contributed by atoms with E-state index in [2.05, 4.69) is 15.3 Å². The molecule has 0 aliphatic rings. The number of thioether (sulfide) groups is 1. The fourth-order valence-corrected chi connectivity index (χ4v) is 2.71. The molecule has 1 unspecified atom stereocenters. The molecule has 2 rings (SSSR count). The predicted molar refractivity (Wildman–Crippen MR) is 91.6 cm³/mol. The largest absolute Gasteiger partial charge is 0.478 e. The van der Waals surface area contributed by atoms with Crippen molar-refractivity contribution in [3.63, 3.8) is 0 Å². The van der Waals surface area contributed by atoms with Crippen LogP contribution in [0.5, 0.6) is 0 Å². The summed E-state index contributed by atoms with van der Waals surface area (Å²) in [4.78, 5) is 41.4. The topological polar surface area (TPSA) is 112 Å². The van der Waals surface area contributed by atoms with Crippen molar-refractivity contribution in [3.8, 4) is 0 Å². The maximum atomic E-state index is 12.2. The first kappa shape index (κ1) is 17.7. The number of aromatic nitrogens is 2. The molecule has 0 saturated heterocycles. The fourth-order valence-electron chi connectivity index (χ4n) is 1.88. The lowest BCUT2D eigenvalue weighted by Crippen LogP contribution is -2.23. The van der Waals surface area contributed by atoms with Gasteiger partial charge in [0.05, 0.1) is 10.8 Å². The Morgan fingerprint density at radius 1 is 1.33 bits per heavy atom. The van der Waals surface area contributed by atoms with Gasteiger partial charge in [-0.15, -0.1) is 0 Å². The first-order valence-corrected chi connectivity index (χ1v) is 8.18. The van der Waals surface area contributed by atoms with E-state index in [1.807, 2.05) is 6.92 Å². The molecule has 0 spiro atoms. The highest BCUT2D eigenvalue weighted by Crippen LogP contribution is 2.20. The molecule has 2 aromatic rings. The molecule has 0 fully saturated rings. The highest BCUT2D eigenvalue weighted by molar-refractivity contribution is 8.00.